The van der Waals surface area contributed by atoms with Crippen molar-refractivity contribution >= 4 is 6.08 Å². The summed E-state index contributed by atoms with van der Waals surface area (Å²) in [6.07, 6.45) is 6.07. The van der Waals surface area contributed by atoms with E-state index in [1.165, 1.54) is 31.6 Å². The summed E-state index contributed by atoms with van der Waals surface area (Å²) in [5, 5.41) is 0. The monoisotopic (exact) mass is 227 g/mol. The number of piperidine rings is 1. The maximum absolute atomic E-state index is 2.57. The summed E-state index contributed by atoms with van der Waals surface area (Å²) in [5.41, 5.74) is 3.31. The van der Waals surface area contributed by atoms with Gasteiger partial charge in [-0.15, -0.1) is 0 Å². The van der Waals surface area contributed by atoms with Gasteiger partial charge in [-0.25, -0.2) is 0 Å². The van der Waals surface area contributed by atoms with Gasteiger partial charge in [0.25, 0.3) is 0 Å². The molecule has 0 aromatic heterocycles. The molecule has 1 nitrogen and oxygen atoms in total. The lowest BCUT2D eigenvalue weighted by Gasteiger charge is -2.44. The first kappa shape index (κ1) is 11.0. The number of fused-ring (bicyclic) bond motifs is 2. The van der Waals surface area contributed by atoms with Gasteiger partial charge in [0.05, 0.1) is 0 Å². The van der Waals surface area contributed by atoms with E-state index >= 15 is 0 Å². The zero-order valence-electron chi connectivity index (χ0n) is 10.8. The third kappa shape index (κ3) is 1.56. The minimum Gasteiger partial charge on any atom is -0.303 e. The van der Waals surface area contributed by atoms with Crippen LogP contribution in [0, 0.1) is 5.92 Å². The van der Waals surface area contributed by atoms with Crippen LogP contribution >= 0.6 is 0 Å². The molecule has 1 unspecified atom stereocenters. The highest BCUT2D eigenvalue weighted by Crippen LogP contribution is 2.46. The van der Waals surface area contributed by atoms with Crippen LogP contribution in [-0.2, 0) is 5.41 Å². The molecule has 1 aliphatic carbocycles. The van der Waals surface area contributed by atoms with Crippen LogP contribution in [0.2, 0.25) is 0 Å². The molecule has 0 amide bonds. The van der Waals surface area contributed by atoms with E-state index in [2.05, 4.69) is 55.2 Å². The average Bonchev–Trinajstić information content (AvgIpc) is 2.74. The molecule has 1 heteroatoms. The van der Waals surface area contributed by atoms with Crippen molar-refractivity contribution < 1.29 is 0 Å². The molecule has 0 bridgehead atoms. The Labute approximate surface area is 104 Å². The number of allylic oxidation sites excluding steroid dienone is 1. The van der Waals surface area contributed by atoms with Crippen molar-refractivity contribution in [3.05, 3.63) is 41.5 Å². The standard InChI is InChI=1S/C16H21N/c1-3-17-11-10-16(13(2)12-17)9-8-14-6-4-5-7-15(14)16/h4-9,13H,3,10-12H2,1-2H3/t13-,16?/m1/s1. The number of nitrogens with zero attached hydrogens (tertiary/aromatic N) is 1. The van der Waals surface area contributed by atoms with Crippen molar-refractivity contribution in [2.75, 3.05) is 19.6 Å². The van der Waals surface area contributed by atoms with Crippen molar-refractivity contribution in [1.82, 2.24) is 4.90 Å². The zero-order valence-corrected chi connectivity index (χ0v) is 10.8. The third-order valence-electron chi connectivity index (χ3n) is 4.72. The van der Waals surface area contributed by atoms with Gasteiger partial charge in [-0.1, -0.05) is 50.3 Å². The summed E-state index contributed by atoms with van der Waals surface area (Å²) in [7, 11) is 0. The van der Waals surface area contributed by atoms with E-state index in [1.807, 2.05) is 0 Å². The van der Waals surface area contributed by atoms with E-state index < -0.39 is 0 Å². The number of benzene rings is 1. The van der Waals surface area contributed by atoms with E-state index in [1.54, 1.807) is 5.56 Å². The van der Waals surface area contributed by atoms with Crippen LogP contribution in [0.4, 0.5) is 0 Å². The normalized spacial score (nSPS) is 32.0. The van der Waals surface area contributed by atoms with E-state index in [9.17, 15) is 0 Å². The second kappa shape index (κ2) is 3.99. The summed E-state index contributed by atoms with van der Waals surface area (Å²) in [6, 6.07) is 8.91. The summed E-state index contributed by atoms with van der Waals surface area (Å²) in [4.78, 5) is 2.57. The molecule has 0 radical (unpaired) electrons. The first-order valence-electron chi connectivity index (χ1n) is 6.77. The van der Waals surface area contributed by atoms with Gasteiger partial charge in [-0.3, -0.25) is 0 Å². The third-order valence-corrected chi connectivity index (χ3v) is 4.72. The van der Waals surface area contributed by atoms with E-state index in [-0.39, 0.29) is 0 Å². The molecule has 1 aliphatic heterocycles. The minimum absolute atomic E-state index is 0.322. The van der Waals surface area contributed by atoms with Crippen molar-refractivity contribution in [3.8, 4) is 0 Å². The molecule has 1 spiro atoms. The van der Waals surface area contributed by atoms with Crippen molar-refractivity contribution in [1.29, 1.82) is 0 Å². The Morgan fingerprint density at radius 3 is 2.94 bits per heavy atom. The molecule has 90 valence electrons. The Bertz CT molecular complexity index is 449. The fourth-order valence-electron chi connectivity index (χ4n) is 3.56. The van der Waals surface area contributed by atoms with Gasteiger partial charge in [0, 0.05) is 12.0 Å². The molecule has 0 N–H and O–H groups in total. The van der Waals surface area contributed by atoms with Crippen molar-refractivity contribution in [3.63, 3.8) is 0 Å². The molecule has 2 aliphatic rings. The highest BCUT2D eigenvalue weighted by atomic mass is 15.1. The Balaban J connectivity index is 1.97. The van der Waals surface area contributed by atoms with Crippen LogP contribution in [0.5, 0.6) is 0 Å². The summed E-state index contributed by atoms with van der Waals surface area (Å²) in [5.74, 6) is 0.719. The predicted octanol–water partition coefficient (Wildman–Crippen LogP) is 3.31. The zero-order chi connectivity index (χ0) is 11.9. The lowest BCUT2D eigenvalue weighted by Crippen LogP contribution is -2.47. The largest absolute Gasteiger partial charge is 0.303 e. The number of hydrogen-bond acceptors (Lipinski definition) is 1. The second-order valence-corrected chi connectivity index (χ2v) is 5.51. The van der Waals surface area contributed by atoms with Crippen LogP contribution < -0.4 is 0 Å². The molecule has 1 saturated heterocycles. The fourth-order valence-corrected chi connectivity index (χ4v) is 3.56. The Morgan fingerprint density at radius 1 is 1.35 bits per heavy atom. The molecule has 1 aromatic rings. The van der Waals surface area contributed by atoms with Crippen LogP contribution in [-0.4, -0.2) is 24.5 Å². The first-order valence-corrected chi connectivity index (χ1v) is 6.77. The van der Waals surface area contributed by atoms with Crippen molar-refractivity contribution in [2.45, 2.75) is 25.7 Å². The minimum atomic E-state index is 0.322. The van der Waals surface area contributed by atoms with Gasteiger partial charge in [0.2, 0.25) is 0 Å². The maximum Gasteiger partial charge on any atom is 0.0191 e. The Morgan fingerprint density at radius 2 is 2.18 bits per heavy atom. The first-order chi connectivity index (χ1) is 8.26. The quantitative estimate of drug-likeness (QED) is 0.711. The Hall–Kier alpha value is -1.08. The molecule has 3 rings (SSSR count). The van der Waals surface area contributed by atoms with Crippen LogP contribution in [0.15, 0.2) is 30.3 Å². The van der Waals surface area contributed by atoms with Gasteiger partial charge >= 0.3 is 0 Å². The van der Waals surface area contributed by atoms with Crippen LogP contribution in [0.25, 0.3) is 6.08 Å². The fraction of sp³-hybridized carbons (Fsp3) is 0.500. The topological polar surface area (TPSA) is 3.24 Å². The summed E-state index contributed by atoms with van der Waals surface area (Å²) in [6.45, 7) is 8.33. The molecule has 1 fully saturated rings. The smallest absolute Gasteiger partial charge is 0.0191 e. The molecule has 2 atom stereocenters. The van der Waals surface area contributed by atoms with E-state index in [0.29, 0.717) is 5.41 Å². The van der Waals surface area contributed by atoms with Gasteiger partial charge in [-0.05, 0) is 36.6 Å². The lowest BCUT2D eigenvalue weighted by molar-refractivity contribution is 0.135. The number of rotatable bonds is 1. The highest BCUT2D eigenvalue weighted by molar-refractivity contribution is 5.65. The van der Waals surface area contributed by atoms with Crippen LogP contribution in [0.3, 0.4) is 0 Å². The Kier molecular flexibility index (Phi) is 2.59. The summed E-state index contributed by atoms with van der Waals surface area (Å²) >= 11 is 0. The van der Waals surface area contributed by atoms with Crippen LogP contribution in [0.1, 0.15) is 31.4 Å². The SMILES string of the molecule is CCN1CCC2(C=Cc3ccccc32)[C@H](C)C1. The molecule has 0 saturated carbocycles. The van der Waals surface area contributed by atoms with Crippen molar-refractivity contribution in [2.24, 2.45) is 5.92 Å². The number of likely N-dealkylation sites (tertiary alicyclic amines) is 1. The maximum atomic E-state index is 2.57. The predicted molar refractivity (Wildman–Crippen MR) is 73.0 cm³/mol. The second-order valence-electron chi connectivity index (χ2n) is 5.51. The van der Waals surface area contributed by atoms with Gasteiger partial charge in [-0.2, -0.15) is 0 Å². The average molecular weight is 227 g/mol. The van der Waals surface area contributed by atoms with E-state index in [4.69, 9.17) is 0 Å². The number of hydrogen-bond donors (Lipinski definition) is 0. The molecule has 1 heterocycles. The molecular formula is C16H21N. The van der Waals surface area contributed by atoms with Gasteiger partial charge < -0.3 is 4.90 Å². The lowest BCUT2D eigenvalue weighted by atomic mass is 9.68. The van der Waals surface area contributed by atoms with Gasteiger partial charge in [0.15, 0.2) is 0 Å². The van der Waals surface area contributed by atoms with E-state index in [0.717, 1.165) is 5.92 Å². The van der Waals surface area contributed by atoms with Gasteiger partial charge in [0.1, 0.15) is 0 Å². The summed E-state index contributed by atoms with van der Waals surface area (Å²) < 4.78 is 0. The molecule has 1 aromatic carbocycles. The highest BCUT2D eigenvalue weighted by Gasteiger charge is 2.42. The molecular weight excluding hydrogens is 206 g/mol. The molecule has 17 heavy (non-hydrogen) atoms.